The van der Waals surface area contributed by atoms with Gasteiger partial charge in [0, 0.05) is 13.1 Å². The second kappa shape index (κ2) is 5.73. The van der Waals surface area contributed by atoms with Gasteiger partial charge >= 0.3 is 5.97 Å². The summed E-state index contributed by atoms with van der Waals surface area (Å²) in [5, 5.41) is 0.697. The monoisotopic (exact) mass is 290 g/mol. The minimum atomic E-state index is -0.366. The summed E-state index contributed by atoms with van der Waals surface area (Å²) in [7, 11) is 0. The maximum atomic E-state index is 12.0. The van der Waals surface area contributed by atoms with Crippen LogP contribution in [0.1, 0.15) is 23.0 Å². The van der Waals surface area contributed by atoms with Gasteiger partial charge in [-0.25, -0.2) is 4.79 Å². The number of furan rings is 1. The molecule has 0 amide bonds. The van der Waals surface area contributed by atoms with Crippen molar-refractivity contribution < 1.29 is 18.7 Å². The van der Waals surface area contributed by atoms with E-state index < -0.39 is 0 Å². The second-order valence-corrected chi connectivity index (χ2v) is 4.88. The second-order valence-electron chi connectivity index (χ2n) is 4.88. The Bertz CT molecular complexity index is 659. The molecule has 3 rings (SSSR count). The predicted octanol–water partition coefficient (Wildman–Crippen LogP) is 2.15. The first-order valence-electron chi connectivity index (χ1n) is 7.10. The number of hydrogen-bond acceptors (Lipinski definition) is 6. The summed E-state index contributed by atoms with van der Waals surface area (Å²) in [5.74, 6) is 1.01. The summed E-state index contributed by atoms with van der Waals surface area (Å²) in [5.41, 5.74) is 0.937. The maximum absolute atomic E-state index is 12.0. The van der Waals surface area contributed by atoms with Gasteiger partial charge in [-0.1, -0.05) is 0 Å². The highest BCUT2D eigenvalue weighted by atomic mass is 16.5. The Morgan fingerprint density at radius 1 is 1.38 bits per heavy atom. The number of hydrogen-bond donors (Lipinski definition) is 0. The molecular formula is C15H18N2O4. The van der Waals surface area contributed by atoms with Crippen molar-refractivity contribution in [2.75, 3.05) is 37.8 Å². The molecule has 1 fully saturated rings. The molecule has 0 aliphatic carbocycles. The lowest BCUT2D eigenvalue weighted by Crippen LogP contribution is -2.36. The summed E-state index contributed by atoms with van der Waals surface area (Å²) in [4.78, 5) is 18.7. The van der Waals surface area contributed by atoms with Gasteiger partial charge in [-0.05, 0) is 26.0 Å². The number of morpholine rings is 1. The Morgan fingerprint density at radius 3 is 2.86 bits per heavy atom. The van der Waals surface area contributed by atoms with Gasteiger partial charge in [0.25, 0.3) is 0 Å². The standard InChI is InChI=1S/C15H18N2O4/c1-3-20-15(18)13-10(2)21-14-11(13)4-5-12(16-14)17-6-8-19-9-7-17/h4-5H,3,6-9H2,1-2H3. The van der Waals surface area contributed by atoms with E-state index in [1.807, 2.05) is 12.1 Å². The molecule has 0 bridgehead atoms. The van der Waals surface area contributed by atoms with Crippen LogP contribution >= 0.6 is 0 Å². The Hall–Kier alpha value is -2.08. The summed E-state index contributed by atoms with van der Waals surface area (Å²) in [6.45, 7) is 6.89. The first-order chi connectivity index (χ1) is 10.2. The molecule has 0 aromatic carbocycles. The molecule has 2 aromatic heterocycles. The van der Waals surface area contributed by atoms with E-state index in [2.05, 4.69) is 9.88 Å². The third-order valence-corrected chi connectivity index (χ3v) is 3.53. The molecule has 6 heteroatoms. The van der Waals surface area contributed by atoms with Crippen LogP contribution in [0.5, 0.6) is 0 Å². The Kier molecular flexibility index (Phi) is 3.79. The average molecular weight is 290 g/mol. The van der Waals surface area contributed by atoms with Crippen LogP contribution in [-0.2, 0) is 9.47 Å². The first kappa shape index (κ1) is 13.9. The van der Waals surface area contributed by atoms with E-state index in [9.17, 15) is 4.79 Å². The van der Waals surface area contributed by atoms with E-state index in [4.69, 9.17) is 13.9 Å². The number of rotatable bonds is 3. The lowest BCUT2D eigenvalue weighted by molar-refractivity contribution is 0.0526. The van der Waals surface area contributed by atoms with Gasteiger partial charge in [0.15, 0.2) is 0 Å². The van der Waals surface area contributed by atoms with Gasteiger partial charge < -0.3 is 18.8 Å². The van der Waals surface area contributed by atoms with Crippen LogP contribution < -0.4 is 4.90 Å². The highest BCUT2D eigenvalue weighted by Gasteiger charge is 2.21. The molecule has 1 aliphatic heterocycles. The molecule has 2 aromatic rings. The predicted molar refractivity (Wildman–Crippen MR) is 77.7 cm³/mol. The van der Waals surface area contributed by atoms with Crippen molar-refractivity contribution >= 4 is 22.9 Å². The van der Waals surface area contributed by atoms with Crippen molar-refractivity contribution in [3.8, 4) is 0 Å². The van der Waals surface area contributed by atoms with E-state index >= 15 is 0 Å². The van der Waals surface area contributed by atoms with Gasteiger partial charge in [0.1, 0.15) is 17.1 Å². The van der Waals surface area contributed by atoms with E-state index in [-0.39, 0.29) is 5.97 Å². The molecule has 21 heavy (non-hydrogen) atoms. The average Bonchev–Trinajstić information content (AvgIpc) is 2.83. The zero-order valence-electron chi connectivity index (χ0n) is 12.2. The number of aryl methyl sites for hydroxylation is 1. The fraction of sp³-hybridized carbons (Fsp3) is 0.467. The van der Waals surface area contributed by atoms with Gasteiger partial charge in [0.05, 0.1) is 25.2 Å². The zero-order valence-corrected chi connectivity index (χ0v) is 12.2. The highest BCUT2D eigenvalue weighted by molar-refractivity contribution is 6.03. The number of aromatic nitrogens is 1. The Morgan fingerprint density at radius 2 is 2.14 bits per heavy atom. The number of carbonyl (C=O) groups excluding carboxylic acids is 1. The topological polar surface area (TPSA) is 64.8 Å². The van der Waals surface area contributed by atoms with Crippen molar-refractivity contribution in [1.82, 2.24) is 4.98 Å². The smallest absolute Gasteiger partial charge is 0.342 e. The van der Waals surface area contributed by atoms with Crippen LogP contribution in [0.15, 0.2) is 16.5 Å². The molecule has 3 heterocycles. The largest absolute Gasteiger partial charge is 0.462 e. The van der Waals surface area contributed by atoms with Crippen LogP contribution in [0.2, 0.25) is 0 Å². The fourth-order valence-corrected chi connectivity index (χ4v) is 2.51. The zero-order chi connectivity index (χ0) is 14.8. The van der Waals surface area contributed by atoms with Gasteiger partial charge in [-0.2, -0.15) is 4.98 Å². The fourth-order valence-electron chi connectivity index (χ4n) is 2.51. The molecule has 0 spiro atoms. The van der Waals surface area contributed by atoms with Crippen molar-refractivity contribution in [2.45, 2.75) is 13.8 Å². The Balaban J connectivity index is 1.97. The molecule has 112 valence electrons. The van der Waals surface area contributed by atoms with Gasteiger partial charge in [-0.15, -0.1) is 0 Å². The minimum absolute atomic E-state index is 0.338. The molecule has 0 unspecified atom stereocenters. The third kappa shape index (κ3) is 2.58. The van der Waals surface area contributed by atoms with Gasteiger partial charge in [0.2, 0.25) is 5.71 Å². The number of ether oxygens (including phenoxy) is 2. The third-order valence-electron chi connectivity index (χ3n) is 3.53. The molecule has 0 atom stereocenters. The normalized spacial score (nSPS) is 15.4. The van der Waals surface area contributed by atoms with Crippen molar-refractivity contribution in [3.63, 3.8) is 0 Å². The van der Waals surface area contributed by atoms with E-state index in [1.165, 1.54) is 0 Å². The summed E-state index contributed by atoms with van der Waals surface area (Å²) in [6, 6.07) is 3.78. The molecule has 6 nitrogen and oxygen atoms in total. The van der Waals surface area contributed by atoms with Crippen molar-refractivity contribution in [3.05, 3.63) is 23.5 Å². The lowest BCUT2D eigenvalue weighted by atomic mass is 10.2. The molecule has 0 radical (unpaired) electrons. The van der Waals surface area contributed by atoms with Crippen molar-refractivity contribution in [1.29, 1.82) is 0 Å². The van der Waals surface area contributed by atoms with Crippen LogP contribution in [-0.4, -0.2) is 43.9 Å². The van der Waals surface area contributed by atoms with Crippen LogP contribution in [0.25, 0.3) is 11.1 Å². The lowest BCUT2D eigenvalue weighted by Gasteiger charge is -2.27. The Labute approximate surface area is 122 Å². The maximum Gasteiger partial charge on any atom is 0.342 e. The number of pyridine rings is 1. The van der Waals surface area contributed by atoms with Crippen molar-refractivity contribution in [2.24, 2.45) is 0 Å². The van der Waals surface area contributed by atoms with E-state index in [0.717, 1.165) is 18.9 Å². The van der Waals surface area contributed by atoms with E-state index in [1.54, 1.807) is 13.8 Å². The number of esters is 1. The number of nitrogens with zero attached hydrogens (tertiary/aromatic N) is 2. The van der Waals surface area contributed by atoms with Crippen LogP contribution in [0.4, 0.5) is 5.82 Å². The summed E-state index contributed by atoms with van der Waals surface area (Å²) < 4.78 is 16.0. The molecular weight excluding hydrogens is 272 g/mol. The number of fused-ring (bicyclic) bond motifs is 1. The highest BCUT2D eigenvalue weighted by Crippen LogP contribution is 2.27. The van der Waals surface area contributed by atoms with Crippen LogP contribution in [0.3, 0.4) is 0 Å². The SMILES string of the molecule is CCOC(=O)c1c(C)oc2nc(N3CCOCC3)ccc12. The molecule has 1 aliphatic rings. The van der Waals surface area contributed by atoms with Gasteiger partial charge in [-0.3, -0.25) is 0 Å². The number of anilines is 1. The summed E-state index contributed by atoms with van der Waals surface area (Å²) >= 11 is 0. The molecule has 0 saturated carbocycles. The quantitative estimate of drug-likeness (QED) is 0.807. The van der Waals surface area contributed by atoms with Crippen LogP contribution in [0, 0.1) is 6.92 Å². The number of carbonyl (C=O) groups is 1. The first-order valence-corrected chi connectivity index (χ1v) is 7.10. The molecule has 0 N–H and O–H groups in total. The van der Waals surface area contributed by atoms with E-state index in [0.29, 0.717) is 42.2 Å². The summed E-state index contributed by atoms with van der Waals surface area (Å²) in [6.07, 6.45) is 0. The molecule has 1 saturated heterocycles. The minimum Gasteiger partial charge on any atom is -0.462 e.